The van der Waals surface area contributed by atoms with E-state index in [0.29, 0.717) is 0 Å². The molecule has 0 N–H and O–H groups in total. The van der Waals surface area contributed by atoms with Crippen molar-refractivity contribution in [2.75, 3.05) is 0 Å². The second-order valence-corrected chi connectivity index (χ2v) is 4.40. The van der Waals surface area contributed by atoms with Gasteiger partial charge in [0.25, 0.3) is 0 Å². The Morgan fingerprint density at radius 1 is 0.722 bits per heavy atom. The molecule has 0 bridgehead atoms. The minimum atomic E-state index is -0.803. The number of hydrogen-bond donors (Lipinski definition) is 0. The van der Waals surface area contributed by atoms with Gasteiger partial charge in [-0.1, -0.05) is 27.7 Å². The zero-order valence-electron chi connectivity index (χ0n) is 11.0. The molecule has 0 aliphatic rings. The quantitative estimate of drug-likeness (QED) is 0.544. The largest absolute Gasteiger partial charge is 0.393 e. The molecule has 0 fully saturated rings. The van der Waals surface area contributed by atoms with Crippen molar-refractivity contribution in [2.24, 2.45) is 11.8 Å². The first kappa shape index (κ1) is 16.3. The van der Waals surface area contributed by atoms with Gasteiger partial charge in [0.1, 0.15) is 0 Å². The summed E-state index contributed by atoms with van der Waals surface area (Å²) in [6.45, 7) is 6.35. The van der Waals surface area contributed by atoms with Crippen LogP contribution in [0.25, 0.3) is 0 Å². The van der Waals surface area contributed by atoms with Crippen LogP contribution in [0.2, 0.25) is 0 Å². The maximum Gasteiger partial charge on any atom is 0.316 e. The van der Waals surface area contributed by atoms with Crippen molar-refractivity contribution in [1.82, 2.24) is 0 Å². The Kier molecular flexibility index (Phi) is 6.85. The average molecular weight is 258 g/mol. The molecule has 0 aromatic carbocycles. The first-order valence-corrected chi connectivity index (χ1v) is 5.73. The standard InChI is InChI=1S/C12H18O6/c1-7(2)11(15)17-9(13)5-6-10(14)18-12(16)8(3)4/h7-8H,5-6H2,1-4H3. The molecule has 0 saturated heterocycles. The van der Waals surface area contributed by atoms with Crippen molar-refractivity contribution in [2.45, 2.75) is 40.5 Å². The Morgan fingerprint density at radius 3 is 1.22 bits per heavy atom. The summed E-state index contributed by atoms with van der Waals surface area (Å²) in [7, 11) is 0. The maximum absolute atomic E-state index is 11.1. The van der Waals surface area contributed by atoms with Crippen LogP contribution in [0.15, 0.2) is 0 Å². The lowest BCUT2D eigenvalue weighted by Gasteiger charge is -2.06. The first-order valence-electron chi connectivity index (χ1n) is 5.73. The van der Waals surface area contributed by atoms with E-state index in [1.807, 2.05) is 0 Å². The highest BCUT2D eigenvalue weighted by Crippen LogP contribution is 2.03. The molecule has 0 radical (unpaired) electrons. The Morgan fingerprint density at radius 2 is 1.00 bits per heavy atom. The molecule has 0 rings (SSSR count). The molecule has 102 valence electrons. The van der Waals surface area contributed by atoms with Crippen LogP contribution < -0.4 is 0 Å². The number of carbonyl (C=O) groups is 4. The topological polar surface area (TPSA) is 86.7 Å². The lowest BCUT2D eigenvalue weighted by Crippen LogP contribution is -2.20. The third-order valence-corrected chi connectivity index (χ3v) is 1.90. The van der Waals surface area contributed by atoms with E-state index < -0.39 is 35.7 Å². The maximum atomic E-state index is 11.1. The molecule has 6 nitrogen and oxygen atoms in total. The third-order valence-electron chi connectivity index (χ3n) is 1.90. The van der Waals surface area contributed by atoms with Gasteiger partial charge in [0.15, 0.2) is 0 Å². The predicted octanol–water partition coefficient (Wildman–Crippen LogP) is 1.22. The number of hydrogen-bond acceptors (Lipinski definition) is 6. The summed E-state index contributed by atoms with van der Waals surface area (Å²) < 4.78 is 8.89. The smallest absolute Gasteiger partial charge is 0.316 e. The van der Waals surface area contributed by atoms with Gasteiger partial charge in [-0.3, -0.25) is 19.2 Å². The first-order chi connectivity index (χ1) is 8.23. The van der Waals surface area contributed by atoms with E-state index in [9.17, 15) is 19.2 Å². The van der Waals surface area contributed by atoms with Crippen LogP contribution in [0, 0.1) is 11.8 Å². The van der Waals surface area contributed by atoms with E-state index >= 15 is 0 Å². The van der Waals surface area contributed by atoms with Crippen molar-refractivity contribution in [3.8, 4) is 0 Å². The van der Waals surface area contributed by atoms with Crippen LogP contribution in [-0.2, 0) is 28.7 Å². The summed E-state index contributed by atoms with van der Waals surface area (Å²) >= 11 is 0. The van der Waals surface area contributed by atoms with E-state index in [0.717, 1.165) is 0 Å². The van der Waals surface area contributed by atoms with E-state index in [1.165, 1.54) is 0 Å². The summed E-state index contributed by atoms with van der Waals surface area (Å²) in [5.41, 5.74) is 0. The van der Waals surface area contributed by atoms with Crippen LogP contribution in [0.4, 0.5) is 0 Å². The highest BCUT2D eigenvalue weighted by molar-refractivity contribution is 5.90. The van der Waals surface area contributed by atoms with Crippen LogP contribution in [0.5, 0.6) is 0 Å². The van der Waals surface area contributed by atoms with Crippen molar-refractivity contribution >= 4 is 23.9 Å². The second kappa shape index (κ2) is 7.58. The fraction of sp³-hybridized carbons (Fsp3) is 0.667. The number of ether oxygens (including phenoxy) is 2. The second-order valence-electron chi connectivity index (χ2n) is 4.40. The summed E-state index contributed by atoms with van der Waals surface area (Å²) in [5, 5.41) is 0. The third kappa shape index (κ3) is 6.78. The van der Waals surface area contributed by atoms with Gasteiger partial charge in [-0.05, 0) is 0 Å². The molecule has 0 aromatic heterocycles. The predicted molar refractivity (Wildman–Crippen MR) is 61.1 cm³/mol. The molecule has 0 aromatic rings. The fourth-order valence-corrected chi connectivity index (χ4v) is 0.766. The highest BCUT2D eigenvalue weighted by Gasteiger charge is 2.18. The van der Waals surface area contributed by atoms with Crippen LogP contribution in [-0.4, -0.2) is 23.9 Å². The molecule has 0 amide bonds. The van der Waals surface area contributed by atoms with Crippen molar-refractivity contribution in [1.29, 1.82) is 0 Å². The van der Waals surface area contributed by atoms with E-state index in [-0.39, 0.29) is 12.8 Å². The molecule has 0 atom stereocenters. The number of carbonyl (C=O) groups excluding carboxylic acids is 4. The minimum Gasteiger partial charge on any atom is -0.393 e. The minimum absolute atomic E-state index is 0.289. The summed E-state index contributed by atoms with van der Waals surface area (Å²) in [6.07, 6.45) is -0.578. The monoisotopic (exact) mass is 258 g/mol. The van der Waals surface area contributed by atoms with E-state index in [4.69, 9.17) is 0 Å². The van der Waals surface area contributed by atoms with E-state index in [1.54, 1.807) is 27.7 Å². The van der Waals surface area contributed by atoms with Gasteiger partial charge in [-0.2, -0.15) is 0 Å². The molecule has 0 saturated carbocycles. The van der Waals surface area contributed by atoms with Crippen molar-refractivity contribution in [3.63, 3.8) is 0 Å². The summed E-state index contributed by atoms with van der Waals surface area (Å²) in [4.78, 5) is 44.4. The van der Waals surface area contributed by atoms with Gasteiger partial charge in [0.2, 0.25) is 0 Å². The molecule has 0 heterocycles. The molecule has 0 unspecified atom stereocenters. The molecular formula is C12H18O6. The van der Waals surface area contributed by atoms with Crippen LogP contribution in [0.1, 0.15) is 40.5 Å². The lowest BCUT2D eigenvalue weighted by atomic mass is 10.2. The summed E-state index contributed by atoms with van der Waals surface area (Å²) in [6, 6.07) is 0. The average Bonchev–Trinajstić information content (AvgIpc) is 2.25. The summed E-state index contributed by atoms with van der Waals surface area (Å²) in [5.74, 6) is -3.73. The Labute approximate surface area is 106 Å². The van der Waals surface area contributed by atoms with Crippen molar-refractivity contribution < 1.29 is 28.7 Å². The molecule has 0 aliphatic heterocycles. The van der Waals surface area contributed by atoms with Gasteiger partial charge in [-0.25, -0.2) is 0 Å². The number of rotatable bonds is 5. The van der Waals surface area contributed by atoms with E-state index in [2.05, 4.69) is 9.47 Å². The van der Waals surface area contributed by atoms with Crippen LogP contribution >= 0.6 is 0 Å². The number of esters is 4. The SMILES string of the molecule is CC(C)C(=O)OC(=O)CCC(=O)OC(=O)C(C)C. The Balaban J connectivity index is 3.96. The van der Waals surface area contributed by atoms with Gasteiger partial charge in [-0.15, -0.1) is 0 Å². The molecule has 0 aliphatic carbocycles. The normalized spacial score (nSPS) is 10.3. The highest BCUT2D eigenvalue weighted by atomic mass is 16.6. The van der Waals surface area contributed by atoms with Gasteiger partial charge in [0, 0.05) is 0 Å². The zero-order valence-corrected chi connectivity index (χ0v) is 11.0. The Bertz CT molecular complexity index is 308. The van der Waals surface area contributed by atoms with Gasteiger partial charge < -0.3 is 9.47 Å². The zero-order chi connectivity index (χ0) is 14.3. The van der Waals surface area contributed by atoms with Crippen molar-refractivity contribution in [3.05, 3.63) is 0 Å². The van der Waals surface area contributed by atoms with Gasteiger partial charge in [0.05, 0.1) is 24.7 Å². The fourth-order valence-electron chi connectivity index (χ4n) is 0.766. The lowest BCUT2D eigenvalue weighted by molar-refractivity contribution is -0.167. The Hall–Kier alpha value is -1.72. The molecular weight excluding hydrogens is 240 g/mol. The van der Waals surface area contributed by atoms with Gasteiger partial charge >= 0.3 is 23.9 Å². The molecule has 18 heavy (non-hydrogen) atoms. The molecule has 6 heteroatoms. The molecule has 0 spiro atoms. The van der Waals surface area contributed by atoms with Crippen LogP contribution in [0.3, 0.4) is 0 Å².